The van der Waals surface area contributed by atoms with Crippen LogP contribution in [0.3, 0.4) is 0 Å². The fourth-order valence-corrected chi connectivity index (χ4v) is 2.36. The van der Waals surface area contributed by atoms with Crippen molar-refractivity contribution < 1.29 is 9.32 Å². The zero-order valence-electron chi connectivity index (χ0n) is 13.3. The van der Waals surface area contributed by atoms with Gasteiger partial charge in [-0.25, -0.2) is 0 Å². The van der Waals surface area contributed by atoms with Gasteiger partial charge in [0.15, 0.2) is 5.82 Å². The van der Waals surface area contributed by atoms with Crippen LogP contribution in [0, 0.1) is 0 Å². The van der Waals surface area contributed by atoms with Crippen molar-refractivity contribution >= 4 is 5.91 Å². The maximum absolute atomic E-state index is 11.9. The summed E-state index contributed by atoms with van der Waals surface area (Å²) in [5.74, 6) is 1.13. The lowest BCUT2D eigenvalue weighted by atomic mass is 10.1. The lowest BCUT2D eigenvalue weighted by Gasteiger charge is -2.03. The number of rotatable bonds is 7. The summed E-state index contributed by atoms with van der Waals surface area (Å²) in [5, 5.41) is 6.84. The van der Waals surface area contributed by atoms with E-state index in [2.05, 4.69) is 15.5 Å². The largest absolute Gasteiger partial charge is 0.356 e. The molecule has 0 aliphatic rings. The van der Waals surface area contributed by atoms with E-state index < -0.39 is 0 Å². The molecule has 24 heavy (non-hydrogen) atoms. The average Bonchev–Trinajstić information content (AvgIpc) is 3.11. The minimum absolute atomic E-state index is 0.0330. The summed E-state index contributed by atoms with van der Waals surface area (Å²) < 4.78 is 5.24. The molecule has 0 unspecified atom stereocenters. The smallest absolute Gasteiger partial charge is 0.257 e. The molecular weight excluding hydrogens is 302 g/mol. The molecule has 1 aromatic heterocycles. The molecule has 0 aliphatic carbocycles. The molecule has 1 N–H and O–H groups in total. The van der Waals surface area contributed by atoms with Crippen molar-refractivity contribution in [3.63, 3.8) is 0 Å². The molecule has 0 saturated heterocycles. The van der Waals surface area contributed by atoms with Crippen LogP contribution in [0.2, 0.25) is 0 Å². The molecule has 3 aromatic rings. The monoisotopic (exact) mass is 321 g/mol. The van der Waals surface area contributed by atoms with E-state index in [0.717, 1.165) is 12.0 Å². The van der Waals surface area contributed by atoms with Crippen molar-refractivity contribution in [3.05, 3.63) is 72.1 Å². The van der Waals surface area contributed by atoms with Crippen molar-refractivity contribution in [1.82, 2.24) is 15.5 Å². The molecule has 1 amide bonds. The number of aryl methyl sites for hydroxylation is 1. The SMILES string of the molecule is O=C(CCc1ccccc1)NCCc1noc(-c2ccccc2)n1. The van der Waals surface area contributed by atoms with E-state index in [4.69, 9.17) is 4.52 Å². The Morgan fingerprint density at radius 2 is 1.67 bits per heavy atom. The van der Waals surface area contributed by atoms with E-state index in [-0.39, 0.29) is 5.91 Å². The van der Waals surface area contributed by atoms with E-state index in [0.29, 0.717) is 31.1 Å². The molecule has 0 atom stereocenters. The minimum Gasteiger partial charge on any atom is -0.356 e. The maximum atomic E-state index is 11.9. The van der Waals surface area contributed by atoms with Crippen LogP contribution in [-0.2, 0) is 17.6 Å². The van der Waals surface area contributed by atoms with Crippen molar-refractivity contribution in [1.29, 1.82) is 0 Å². The third-order valence-electron chi connectivity index (χ3n) is 3.64. The van der Waals surface area contributed by atoms with E-state index in [1.165, 1.54) is 5.56 Å². The number of nitrogens with one attached hydrogen (secondary N) is 1. The Labute approximate surface area is 140 Å². The van der Waals surface area contributed by atoms with Crippen LogP contribution in [0.25, 0.3) is 11.5 Å². The zero-order valence-corrected chi connectivity index (χ0v) is 13.3. The summed E-state index contributed by atoms with van der Waals surface area (Å²) in [4.78, 5) is 16.2. The van der Waals surface area contributed by atoms with Gasteiger partial charge in [-0.1, -0.05) is 53.7 Å². The summed E-state index contributed by atoms with van der Waals surface area (Å²) in [7, 11) is 0. The summed E-state index contributed by atoms with van der Waals surface area (Å²) >= 11 is 0. The number of aromatic nitrogens is 2. The highest BCUT2D eigenvalue weighted by atomic mass is 16.5. The standard InChI is InChI=1S/C19H19N3O2/c23-18(12-11-15-7-3-1-4-8-15)20-14-13-17-21-19(24-22-17)16-9-5-2-6-10-16/h1-10H,11-14H2,(H,20,23). The molecule has 0 radical (unpaired) electrons. The van der Waals surface area contributed by atoms with Crippen LogP contribution in [0.15, 0.2) is 65.2 Å². The van der Waals surface area contributed by atoms with Gasteiger partial charge in [-0.05, 0) is 24.1 Å². The van der Waals surface area contributed by atoms with Gasteiger partial charge in [0.25, 0.3) is 5.89 Å². The molecule has 0 fully saturated rings. The number of hydrogen-bond donors (Lipinski definition) is 1. The Hall–Kier alpha value is -2.95. The quantitative estimate of drug-likeness (QED) is 0.726. The van der Waals surface area contributed by atoms with E-state index in [1.807, 2.05) is 60.7 Å². The highest BCUT2D eigenvalue weighted by Crippen LogP contribution is 2.15. The summed E-state index contributed by atoms with van der Waals surface area (Å²) in [6, 6.07) is 19.6. The molecule has 5 heteroatoms. The number of carbonyl (C=O) groups excluding carboxylic acids is 1. The molecule has 3 rings (SSSR count). The van der Waals surface area contributed by atoms with Gasteiger partial charge in [0.1, 0.15) is 0 Å². The van der Waals surface area contributed by atoms with E-state index >= 15 is 0 Å². The topological polar surface area (TPSA) is 68.0 Å². The zero-order chi connectivity index (χ0) is 16.6. The Morgan fingerprint density at radius 1 is 0.958 bits per heavy atom. The van der Waals surface area contributed by atoms with E-state index in [1.54, 1.807) is 0 Å². The van der Waals surface area contributed by atoms with Crippen LogP contribution in [0.4, 0.5) is 0 Å². The molecular formula is C19H19N3O2. The lowest BCUT2D eigenvalue weighted by molar-refractivity contribution is -0.121. The second kappa shape index (κ2) is 8.06. The number of carbonyl (C=O) groups is 1. The van der Waals surface area contributed by atoms with Crippen molar-refractivity contribution in [3.8, 4) is 11.5 Å². The molecule has 122 valence electrons. The highest BCUT2D eigenvalue weighted by Gasteiger charge is 2.08. The number of amides is 1. The maximum Gasteiger partial charge on any atom is 0.257 e. The third kappa shape index (κ3) is 4.52. The van der Waals surface area contributed by atoms with Gasteiger partial charge >= 0.3 is 0 Å². The second-order valence-electron chi connectivity index (χ2n) is 5.47. The second-order valence-corrected chi connectivity index (χ2v) is 5.47. The van der Waals surface area contributed by atoms with Crippen LogP contribution in [0.1, 0.15) is 17.8 Å². The van der Waals surface area contributed by atoms with Crippen LogP contribution < -0.4 is 5.32 Å². The van der Waals surface area contributed by atoms with Gasteiger partial charge in [0.2, 0.25) is 5.91 Å². The molecule has 0 aliphatic heterocycles. The summed E-state index contributed by atoms with van der Waals surface area (Å²) in [6.45, 7) is 0.501. The normalized spacial score (nSPS) is 10.5. The van der Waals surface area contributed by atoms with Gasteiger partial charge in [-0.15, -0.1) is 0 Å². The fraction of sp³-hybridized carbons (Fsp3) is 0.211. The number of benzene rings is 2. The summed E-state index contributed by atoms with van der Waals surface area (Å²) in [6.07, 6.45) is 1.77. The van der Waals surface area contributed by atoms with Gasteiger partial charge in [-0.2, -0.15) is 4.98 Å². The Morgan fingerprint density at radius 3 is 2.42 bits per heavy atom. The predicted molar refractivity (Wildman–Crippen MR) is 91.2 cm³/mol. The minimum atomic E-state index is 0.0330. The highest BCUT2D eigenvalue weighted by molar-refractivity contribution is 5.76. The van der Waals surface area contributed by atoms with Gasteiger partial charge < -0.3 is 9.84 Å². The van der Waals surface area contributed by atoms with E-state index in [9.17, 15) is 4.79 Å². The Kier molecular flexibility index (Phi) is 5.35. The van der Waals surface area contributed by atoms with Crippen molar-refractivity contribution in [2.45, 2.75) is 19.3 Å². The van der Waals surface area contributed by atoms with Crippen LogP contribution >= 0.6 is 0 Å². The first kappa shape index (κ1) is 15.9. The van der Waals surface area contributed by atoms with Crippen molar-refractivity contribution in [2.24, 2.45) is 0 Å². The average molecular weight is 321 g/mol. The third-order valence-corrected chi connectivity index (χ3v) is 3.64. The first-order chi connectivity index (χ1) is 11.8. The predicted octanol–water partition coefficient (Wildman–Crippen LogP) is 3.03. The summed E-state index contributed by atoms with van der Waals surface area (Å²) in [5.41, 5.74) is 2.06. The number of hydrogen-bond acceptors (Lipinski definition) is 4. The lowest BCUT2D eigenvalue weighted by Crippen LogP contribution is -2.26. The molecule has 0 bridgehead atoms. The molecule has 2 aromatic carbocycles. The van der Waals surface area contributed by atoms with Crippen LogP contribution in [0.5, 0.6) is 0 Å². The molecule has 1 heterocycles. The fourth-order valence-electron chi connectivity index (χ4n) is 2.36. The van der Waals surface area contributed by atoms with Gasteiger partial charge in [-0.3, -0.25) is 4.79 Å². The first-order valence-corrected chi connectivity index (χ1v) is 8.00. The van der Waals surface area contributed by atoms with Gasteiger partial charge in [0.05, 0.1) is 0 Å². The first-order valence-electron chi connectivity index (χ1n) is 8.00. The van der Waals surface area contributed by atoms with Crippen LogP contribution in [-0.4, -0.2) is 22.6 Å². The van der Waals surface area contributed by atoms with Crippen molar-refractivity contribution in [2.75, 3.05) is 6.54 Å². The Balaban J connectivity index is 1.42. The molecule has 5 nitrogen and oxygen atoms in total. The van der Waals surface area contributed by atoms with Gasteiger partial charge in [0, 0.05) is 24.9 Å². The number of nitrogens with zero attached hydrogens (tertiary/aromatic N) is 2. The Bertz CT molecular complexity index is 770. The molecule has 0 spiro atoms. The molecule has 0 saturated carbocycles.